The Morgan fingerprint density at radius 3 is 2.00 bits per heavy atom. The molecule has 1 N–H and O–H groups in total. The summed E-state index contributed by atoms with van der Waals surface area (Å²) in [7, 11) is 0. The van der Waals surface area contributed by atoms with Gasteiger partial charge in [0.1, 0.15) is 0 Å². The lowest BCUT2D eigenvalue weighted by atomic mass is 10.1. The minimum Gasteiger partial charge on any atom is -0.481 e. The van der Waals surface area contributed by atoms with Crippen LogP contribution in [0.25, 0.3) is 0 Å². The fourth-order valence-corrected chi connectivity index (χ4v) is 0.556. The Kier molecular flexibility index (Phi) is 10.3. The van der Waals surface area contributed by atoms with Crippen molar-refractivity contribution >= 4 is 5.97 Å². The number of carbonyl (C=O) groups is 1. The van der Waals surface area contributed by atoms with Crippen LogP contribution in [0.1, 0.15) is 40.5 Å². The molecule has 2 nitrogen and oxygen atoms in total. The quantitative estimate of drug-likeness (QED) is 0.664. The SMILES string of the molecule is CC.CCCC(C)C(=O)O. The number of hydrogen-bond donors (Lipinski definition) is 1. The highest BCUT2D eigenvalue weighted by molar-refractivity contribution is 5.69. The van der Waals surface area contributed by atoms with Crippen LogP contribution in [0.4, 0.5) is 0 Å². The summed E-state index contributed by atoms with van der Waals surface area (Å²) in [5.74, 6) is -0.855. The molecule has 62 valence electrons. The largest absolute Gasteiger partial charge is 0.481 e. The molecule has 0 amide bonds. The second-order valence-electron chi connectivity index (χ2n) is 2.03. The van der Waals surface area contributed by atoms with Gasteiger partial charge in [-0.05, 0) is 6.42 Å². The van der Waals surface area contributed by atoms with Crippen molar-refractivity contribution in [3.63, 3.8) is 0 Å². The summed E-state index contributed by atoms with van der Waals surface area (Å²) < 4.78 is 0. The van der Waals surface area contributed by atoms with Crippen molar-refractivity contribution in [2.75, 3.05) is 0 Å². The van der Waals surface area contributed by atoms with Crippen LogP contribution in [0, 0.1) is 5.92 Å². The van der Waals surface area contributed by atoms with Gasteiger partial charge in [0.15, 0.2) is 0 Å². The lowest BCUT2D eigenvalue weighted by Gasteiger charge is -2.00. The molecule has 0 saturated carbocycles. The normalized spacial score (nSPS) is 11.2. The number of carboxylic acids is 1. The Balaban J connectivity index is 0. The molecule has 0 rings (SSSR count). The number of hydrogen-bond acceptors (Lipinski definition) is 1. The Hall–Kier alpha value is -0.530. The van der Waals surface area contributed by atoms with Gasteiger partial charge in [-0.2, -0.15) is 0 Å². The molecule has 0 bridgehead atoms. The zero-order chi connectivity index (χ0) is 8.57. The first-order valence-electron chi connectivity index (χ1n) is 3.91. The average molecular weight is 146 g/mol. The Labute approximate surface area is 63.3 Å². The van der Waals surface area contributed by atoms with E-state index >= 15 is 0 Å². The van der Waals surface area contributed by atoms with E-state index in [1.165, 1.54) is 0 Å². The van der Waals surface area contributed by atoms with E-state index in [4.69, 9.17) is 5.11 Å². The van der Waals surface area contributed by atoms with Gasteiger partial charge in [0.2, 0.25) is 0 Å². The zero-order valence-corrected chi connectivity index (χ0v) is 7.35. The summed E-state index contributed by atoms with van der Waals surface area (Å²) >= 11 is 0. The van der Waals surface area contributed by atoms with Crippen molar-refractivity contribution in [2.45, 2.75) is 40.5 Å². The molecule has 0 aliphatic heterocycles. The maximum absolute atomic E-state index is 10.1. The fraction of sp³-hybridized carbons (Fsp3) is 0.875. The summed E-state index contributed by atoms with van der Waals surface area (Å²) in [6.45, 7) is 7.71. The average Bonchev–Trinajstić information content (AvgIpc) is 1.93. The molecule has 1 atom stereocenters. The van der Waals surface area contributed by atoms with Crippen LogP contribution in [0.5, 0.6) is 0 Å². The summed E-state index contributed by atoms with van der Waals surface area (Å²) in [6.07, 6.45) is 1.74. The molecule has 0 aromatic carbocycles. The van der Waals surface area contributed by atoms with Gasteiger partial charge in [0.05, 0.1) is 5.92 Å². The predicted octanol–water partition coefficient (Wildman–Crippen LogP) is 2.53. The van der Waals surface area contributed by atoms with Crippen molar-refractivity contribution in [1.29, 1.82) is 0 Å². The van der Waals surface area contributed by atoms with Crippen LogP contribution in [-0.4, -0.2) is 11.1 Å². The van der Waals surface area contributed by atoms with Gasteiger partial charge in [0.25, 0.3) is 0 Å². The molecule has 0 aromatic heterocycles. The Morgan fingerprint density at radius 2 is 1.90 bits per heavy atom. The van der Waals surface area contributed by atoms with E-state index < -0.39 is 5.97 Å². The van der Waals surface area contributed by atoms with Crippen LogP contribution in [0.3, 0.4) is 0 Å². The smallest absolute Gasteiger partial charge is 0.306 e. The van der Waals surface area contributed by atoms with Gasteiger partial charge in [-0.15, -0.1) is 0 Å². The van der Waals surface area contributed by atoms with E-state index in [9.17, 15) is 4.79 Å². The van der Waals surface area contributed by atoms with Gasteiger partial charge >= 0.3 is 5.97 Å². The van der Waals surface area contributed by atoms with Crippen LogP contribution >= 0.6 is 0 Å². The highest BCUT2D eigenvalue weighted by atomic mass is 16.4. The van der Waals surface area contributed by atoms with Gasteiger partial charge < -0.3 is 5.11 Å². The second kappa shape index (κ2) is 8.47. The molecule has 0 radical (unpaired) electrons. The van der Waals surface area contributed by atoms with E-state index in [-0.39, 0.29) is 5.92 Å². The Bertz CT molecular complexity index is 79.3. The van der Waals surface area contributed by atoms with E-state index in [0.717, 1.165) is 12.8 Å². The first-order valence-corrected chi connectivity index (χ1v) is 3.91. The molecule has 2 heteroatoms. The third-order valence-electron chi connectivity index (χ3n) is 1.14. The minimum absolute atomic E-state index is 0.167. The van der Waals surface area contributed by atoms with Crippen molar-refractivity contribution in [2.24, 2.45) is 5.92 Å². The van der Waals surface area contributed by atoms with Gasteiger partial charge in [0, 0.05) is 0 Å². The maximum Gasteiger partial charge on any atom is 0.306 e. The summed E-state index contributed by atoms with van der Waals surface area (Å²) in [5.41, 5.74) is 0. The first kappa shape index (κ1) is 12.2. The second-order valence-corrected chi connectivity index (χ2v) is 2.03. The number of carboxylic acid groups (broad SMARTS) is 1. The van der Waals surface area contributed by atoms with Crippen LogP contribution in [0.15, 0.2) is 0 Å². The zero-order valence-electron chi connectivity index (χ0n) is 7.35. The topological polar surface area (TPSA) is 37.3 Å². The number of rotatable bonds is 3. The molecule has 0 fully saturated rings. The predicted molar refractivity (Wildman–Crippen MR) is 43.1 cm³/mol. The lowest BCUT2D eigenvalue weighted by molar-refractivity contribution is -0.141. The van der Waals surface area contributed by atoms with Crippen molar-refractivity contribution < 1.29 is 9.90 Å². The van der Waals surface area contributed by atoms with E-state index in [0.29, 0.717) is 0 Å². The minimum atomic E-state index is -0.688. The van der Waals surface area contributed by atoms with Crippen molar-refractivity contribution in [3.8, 4) is 0 Å². The highest BCUT2D eigenvalue weighted by Gasteiger charge is 2.07. The molecular weight excluding hydrogens is 128 g/mol. The van der Waals surface area contributed by atoms with Gasteiger partial charge in [-0.25, -0.2) is 0 Å². The van der Waals surface area contributed by atoms with E-state index in [1.807, 2.05) is 20.8 Å². The monoisotopic (exact) mass is 146 g/mol. The molecule has 0 aliphatic rings. The number of aliphatic carboxylic acids is 1. The van der Waals surface area contributed by atoms with Crippen LogP contribution in [0.2, 0.25) is 0 Å². The van der Waals surface area contributed by atoms with Crippen molar-refractivity contribution in [1.82, 2.24) is 0 Å². The molecule has 1 unspecified atom stereocenters. The maximum atomic E-state index is 10.1. The van der Waals surface area contributed by atoms with E-state index in [1.54, 1.807) is 6.92 Å². The fourth-order valence-electron chi connectivity index (χ4n) is 0.556. The van der Waals surface area contributed by atoms with Gasteiger partial charge in [-0.3, -0.25) is 4.79 Å². The van der Waals surface area contributed by atoms with Crippen LogP contribution < -0.4 is 0 Å². The summed E-state index contributed by atoms with van der Waals surface area (Å²) in [5, 5.41) is 8.31. The third kappa shape index (κ3) is 7.47. The molecule has 10 heavy (non-hydrogen) atoms. The lowest BCUT2D eigenvalue weighted by Crippen LogP contribution is -2.08. The molecule has 0 spiro atoms. The highest BCUT2D eigenvalue weighted by Crippen LogP contribution is 2.03. The Morgan fingerprint density at radius 1 is 1.50 bits per heavy atom. The van der Waals surface area contributed by atoms with Gasteiger partial charge in [-0.1, -0.05) is 34.1 Å². The van der Waals surface area contributed by atoms with Crippen LogP contribution in [-0.2, 0) is 4.79 Å². The standard InChI is InChI=1S/C6H12O2.C2H6/c1-3-4-5(2)6(7)8;1-2/h5H,3-4H2,1-2H3,(H,7,8);1-2H3. The molecule has 0 heterocycles. The van der Waals surface area contributed by atoms with Crippen molar-refractivity contribution in [3.05, 3.63) is 0 Å². The van der Waals surface area contributed by atoms with E-state index in [2.05, 4.69) is 0 Å². The molecule has 0 saturated heterocycles. The molecule has 0 aliphatic carbocycles. The molecule has 0 aromatic rings. The summed E-state index contributed by atoms with van der Waals surface area (Å²) in [6, 6.07) is 0. The molecular formula is C8H18O2. The third-order valence-corrected chi connectivity index (χ3v) is 1.14. The first-order chi connectivity index (χ1) is 4.68. The summed E-state index contributed by atoms with van der Waals surface area (Å²) in [4.78, 5) is 10.1.